The van der Waals surface area contributed by atoms with Crippen LogP contribution < -0.4 is 5.32 Å². The van der Waals surface area contributed by atoms with Gasteiger partial charge in [-0.1, -0.05) is 0 Å². The molecule has 0 unspecified atom stereocenters. The Morgan fingerprint density at radius 2 is 2.41 bits per heavy atom. The number of carbonyl (C=O) groups excluding carboxylic acids is 1. The molecule has 96 valence electrons. The monoisotopic (exact) mass is 256 g/mol. The Morgan fingerprint density at radius 1 is 1.65 bits per heavy atom. The van der Waals surface area contributed by atoms with Gasteiger partial charge in [-0.2, -0.15) is 11.3 Å². The molecule has 1 amide bonds. The van der Waals surface area contributed by atoms with Crippen LogP contribution in [-0.2, 0) is 16.1 Å². The Hall–Kier alpha value is -0.910. The predicted molar refractivity (Wildman–Crippen MR) is 70.1 cm³/mol. The second kappa shape index (κ2) is 7.42. The van der Waals surface area contributed by atoms with Crippen molar-refractivity contribution in [2.45, 2.75) is 19.5 Å². The number of nitrogens with one attached hydrogen (secondary N) is 1. The van der Waals surface area contributed by atoms with E-state index in [0.29, 0.717) is 13.2 Å². The molecular formula is C12H20N2O2S. The molecule has 0 bridgehead atoms. The number of carbonyl (C=O) groups is 1. The summed E-state index contributed by atoms with van der Waals surface area (Å²) in [6.45, 7) is 3.68. The fourth-order valence-electron chi connectivity index (χ4n) is 1.61. The molecule has 0 aliphatic rings. The second-order valence-corrected chi connectivity index (χ2v) is 5.01. The minimum Gasteiger partial charge on any atom is -0.383 e. The number of amides is 1. The summed E-state index contributed by atoms with van der Waals surface area (Å²) in [7, 11) is 3.57. The van der Waals surface area contributed by atoms with Crippen molar-refractivity contribution in [1.82, 2.24) is 10.2 Å². The number of thiophene rings is 1. The van der Waals surface area contributed by atoms with Crippen LogP contribution in [0.5, 0.6) is 0 Å². The molecule has 0 spiro atoms. The molecule has 0 radical (unpaired) electrons. The van der Waals surface area contributed by atoms with Crippen LogP contribution in [0.4, 0.5) is 0 Å². The van der Waals surface area contributed by atoms with Crippen LogP contribution in [0, 0.1) is 0 Å². The van der Waals surface area contributed by atoms with Crippen molar-refractivity contribution < 1.29 is 9.53 Å². The van der Waals surface area contributed by atoms with Gasteiger partial charge in [-0.25, -0.2) is 0 Å². The van der Waals surface area contributed by atoms with E-state index in [1.165, 1.54) is 5.56 Å². The number of rotatable bonds is 7. The third kappa shape index (κ3) is 5.81. The Balaban J connectivity index is 2.26. The van der Waals surface area contributed by atoms with Crippen molar-refractivity contribution in [2.24, 2.45) is 0 Å². The fourth-order valence-corrected chi connectivity index (χ4v) is 2.27. The van der Waals surface area contributed by atoms with Crippen LogP contribution in [0.1, 0.15) is 12.5 Å². The zero-order chi connectivity index (χ0) is 12.7. The Bertz CT molecular complexity index is 327. The molecule has 0 aliphatic heterocycles. The molecule has 5 heteroatoms. The van der Waals surface area contributed by atoms with E-state index in [9.17, 15) is 4.79 Å². The molecule has 1 aromatic rings. The smallest absolute Gasteiger partial charge is 0.234 e. The normalized spacial score (nSPS) is 12.7. The number of methoxy groups -OCH3 is 1. The van der Waals surface area contributed by atoms with Crippen molar-refractivity contribution in [1.29, 1.82) is 0 Å². The first-order chi connectivity index (χ1) is 8.11. The highest BCUT2D eigenvalue weighted by Crippen LogP contribution is 2.07. The summed E-state index contributed by atoms with van der Waals surface area (Å²) in [5, 5.41) is 7.03. The number of likely N-dealkylation sites (N-methyl/N-ethyl adjacent to an activating group) is 1. The standard InChI is InChI=1S/C12H20N2O2S/c1-10(8-16-3)13-12(15)7-14(2)6-11-4-5-17-9-11/h4-5,9-10H,6-8H2,1-3H3,(H,13,15)/t10-/m0/s1. The van der Waals surface area contributed by atoms with Crippen molar-refractivity contribution in [3.63, 3.8) is 0 Å². The largest absolute Gasteiger partial charge is 0.383 e. The summed E-state index contributed by atoms with van der Waals surface area (Å²) in [5.41, 5.74) is 1.25. The number of ether oxygens (including phenoxy) is 1. The SMILES string of the molecule is COC[C@H](C)NC(=O)CN(C)Cc1ccsc1. The first-order valence-corrected chi connectivity index (χ1v) is 6.54. The highest BCUT2D eigenvalue weighted by molar-refractivity contribution is 7.07. The van der Waals surface area contributed by atoms with Gasteiger partial charge >= 0.3 is 0 Å². The Morgan fingerprint density at radius 3 is 3.00 bits per heavy atom. The van der Waals surface area contributed by atoms with E-state index in [0.717, 1.165) is 6.54 Å². The van der Waals surface area contributed by atoms with Gasteiger partial charge in [0.1, 0.15) is 0 Å². The van der Waals surface area contributed by atoms with Crippen molar-refractivity contribution >= 4 is 17.2 Å². The first-order valence-electron chi connectivity index (χ1n) is 5.59. The minimum atomic E-state index is 0.0345. The molecule has 17 heavy (non-hydrogen) atoms. The number of hydrogen-bond donors (Lipinski definition) is 1. The van der Waals surface area contributed by atoms with Crippen molar-refractivity contribution in [3.8, 4) is 0 Å². The zero-order valence-corrected chi connectivity index (χ0v) is 11.4. The van der Waals surface area contributed by atoms with Crippen LogP contribution in [0.25, 0.3) is 0 Å². The van der Waals surface area contributed by atoms with Gasteiger partial charge < -0.3 is 10.1 Å². The molecule has 1 aromatic heterocycles. The lowest BCUT2D eigenvalue weighted by Gasteiger charge is -2.18. The predicted octanol–water partition coefficient (Wildman–Crippen LogP) is 1.33. The van der Waals surface area contributed by atoms with E-state index in [-0.39, 0.29) is 11.9 Å². The van der Waals surface area contributed by atoms with Crippen LogP contribution in [0.2, 0.25) is 0 Å². The molecule has 0 saturated heterocycles. The molecule has 0 aliphatic carbocycles. The van der Waals surface area contributed by atoms with E-state index in [4.69, 9.17) is 4.74 Å². The summed E-state index contributed by atoms with van der Waals surface area (Å²) in [4.78, 5) is 13.7. The highest BCUT2D eigenvalue weighted by atomic mass is 32.1. The van der Waals surface area contributed by atoms with Crippen molar-refractivity contribution in [2.75, 3.05) is 27.3 Å². The maximum atomic E-state index is 11.7. The average molecular weight is 256 g/mol. The van der Waals surface area contributed by atoms with E-state index in [1.54, 1.807) is 18.4 Å². The fraction of sp³-hybridized carbons (Fsp3) is 0.583. The topological polar surface area (TPSA) is 41.6 Å². The Labute approximate surface area is 107 Å². The van der Waals surface area contributed by atoms with Gasteiger partial charge in [0.15, 0.2) is 0 Å². The van der Waals surface area contributed by atoms with Crippen LogP contribution in [-0.4, -0.2) is 44.2 Å². The molecule has 1 N–H and O–H groups in total. The summed E-state index contributed by atoms with van der Waals surface area (Å²) in [6.07, 6.45) is 0. The Kier molecular flexibility index (Phi) is 6.18. The molecule has 0 aromatic carbocycles. The molecule has 1 heterocycles. The van der Waals surface area contributed by atoms with E-state index >= 15 is 0 Å². The van der Waals surface area contributed by atoms with E-state index < -0.39 is 0 Å². The van der Waals surface area contributed by atoms with Crippen molar-refractivity contribution in [3.05, 3.63) is 22.4 Å². The summed E-state index contributed by atoms with van der Waals surface area (Å²) in [6, 6.07) is 2.13. The molecule has 0 saturated carbocycles. The summed E-state index contributed by atoms with van der Waals surface area (Å²) in [5.74, 6) is 0.0345. The van der Waals surface area contributed by atoms with E-state index in [1.807, 2.05) is 24.3 Å². The lowest BCUT2D eigenvalue weighted by Crippen LogP contribution is -2.41. The third-order valence-electron chi connectivity index (χ3n) is 2.27. The lowest BCUT2D eigenvalue weighted by atomic mass is 10.3. The van der Waals surface area contributed by atoms with E-state index in [2.05, 4.69) is 16.8 Å². The molecule has 1 atom stereocenters. The van der Waals surface area contributed by atoms with Crippen LogP contribution in [0.15, 0.2) is 16.8 Å². The third-order valence-corrected chi connectivity index (χ3v) is 3.00. The summed E-state index contributed by atoms with van der Waals surface area (Å²) >= 11 is 1.67. The molecule has 4 nitrogen and oxygen atoms in total. The van der Waals surface area contributed by atoms with Crippen LogP contribution in [0.3, 0.4) is 0 Å². The first kappa shape index (κ1) is 14.2. The van der Waals surface area contributed by atoms with Gasteiger partial charge in [0.25, 0.3) is 0 Å². The maximum Gasteiger partial charge on any atom is 0.234 e. The van der Waals surface area contributed by atoms with Gasteiger partial charge in [0, 0.05) is 19.7 Å². The number of nitrogens with zero attached hydrogens (tertiary/aromatic N) is 1. The summed E-state index contributed by atoms with van der Waals surface area (Å²) < 4.78 is 4.97. The lowest BCUT2D eigenvalue weighted by molar-refractivity contribution is -0.123. The minimum absolute atomic E-state index is 0.0345. The maximum absolute atomic E-state index is 11.7. The average Bonchev–Trinajstić information content (AvgIpc) is 2.69. The van der Waals surface area contributed by atoms with Gasteiger partial charge in [0.05, 0.1) is 13.2 Å². The van der Waals surface area contributed by atoms with Crippen LogP contribution >= 0.6 is 11.3 Å². The van der Waals surface area contributed by atoms with Gasteiger partial charge in [-0.15, -0.1) is 0 Å². The zero-order valence-electron chi connectivity index (χ0n) is 10.6. The molecule has 0 fully saturated rings. The van der Waals surface area contributed by atoms with Gasteiger partial charge in [-0.3, -0.25) is 9.69 Å². The van der Waals surface area contributed by atoms with Gasteiger partial charge in [0.2, 0.25) is 5.91 Å². The highest BCUT2D eigenvalue weighted by Gasteiger charge is 2.10. The van der Waals surface area contributed by atoms with Gasteiger partial charge in [-0.05, 0) is 36.4 Å². The molecular weight excluding hydrogens is 236 g/mol. The quantitative estimate of drug-likeness (QED) is 0.800. The molecule has 1 rings (SSSR count). The number of hydrogen-bond acceptors (Lipinski definition) is 4. The second-order valence-electron chi connectivity index (χ2n) is 4.23.